The standard InChI is InChI=1S/C28H33FN4O2/c1-3-24-15-14-23(19-30-24)22-8-7-9-25(18-22)33(27(34)16-11-20(2)29)17-6-4-5-10-26-31-28(32-35-26)21-12-13-21/h7-9,14-15,18-19,21H,2-6,10-13,16-17H2,1H3. The van der Waals surface area contributed by atoms with Gasteiger partial charge >= 0.3 is 0 Å². The van der Waals surface area contributed by atoms with Crippen molar-refractivity contribution in [3.63, 3.8) is 0 Å². The summed E-state index contributed by atoms with van der Waals surface area (Å²) >= 11 is 0. The van der Waals surface area contributed by atoms with Gasteiger partial charge in [-0.15, -0.1) is 0 Å². The lowest BCUT2D eigenvalue weighted by Gasteiger charge is -2.23. The fraction of sp³-hybridized carbons (Fsp3) is 0.429. The maximum Gasteiger partial charge on any atom is 0.227 e. The number of halogens is 1. The van der Waals surface area contributed by atoms with Crippen LogP contribution in [0.15, 0.2) is 59.5 Å². The maximum absolute atomic E-state index is 13.3. The van der Waals surface area contributed by atoms with Gasteiger partial charge in [-0.1, -0.05) is 43.3 Å². The number of pyridine rings is 1. The molecule has 2 heterocycles. The van der Waals surface area contributed by atoms with Crippen molar-refractivity contribution in [3.05, 3.63) is 72.4 Å². The lowest BCUT2D eigenvalue weighted by molar-refractivity contribution is -0.118. The molecule has 0 aliphatic heterocycles. The molecule has 1 aromatic carbocycles. The van der Waals surface area contributed by atoms with E-state index in [4.69, 9.17) is 4.52 Å². The van der Waals surface area contributed by atoms with Crippen molar-refractivity contribution in [2.24, 2.45) is 0 Å². The van der Waals surface area contributed by atoms with E-state index in [1.165, 1.54) is 0 Å². The van der Waals surface area contributed by atoms with Gasteiger partial charge in [0.25, 0.3) is 0 Å². The normalized spacial score (nSPS) is 13.1. The third-order valence-electron chi connectivity index (χ3n) is 6.29. The Hall–Kier alpha value is -3.35. The van der Waals surface area contributed by atoms with Crippen molar-refractivity contribution in [2.75, 3.05) is 11.4 Å². The van der Waals surface area contributed by atoms with Gasteiger partial charge in [-0.05, 0) is 55.9 Å². The van der Waals surface area contributed by atoms with E-state index in [-0.39, 0.29) is 18.7 Å². The first-order valence-corrected chi connectivity index (χ1v) is 12.5. The second-order valence-electron chi connectivity index (χ2n) is 9.14. The molecule has 1 saturated carbocycles. The third-order valence-corrected chi connectivity index (χ3v) is 6.29. The molecule has 3 aromatic rings. The fourth-order valence-corrected chi connectivity index (χ4v) is 4.03. The number of hydrogen-bond acceptors (Lipinski definition) is 5. The number of hydrogen-bond donors (Lipinski definition) is 0. The van der Waals surface area contributed by atoms with Crippen LogP contribution in [0.5, 0.6) is 0 Å². The van der Waals surface area contributed by atoms with E-state index in [0.717, 1.165) is 73.3 Å². The Morgan fingerprint density at radius 3 is 2.71 bits per heavy atom. The number of allylic oxidation sites excluding steroid dienone is 1. The van der Waals surface area contributed by atoms with E-state index < -0.39 is 5.83 Å². The number of aryl methyl sites for hydroxylation is 2. The van der Waals surface area contributed by atoms with Gasteiger partial charge in [-0.25, -0.2) is 4.39 Å². The van der Waals surface area contributed by atoms with Gasteiger partial charge < -0.3 is 9.42 Å². The number of anilines is 1. The Morgan fingerprint density at radius 2 is 2.00 bits per heavy atom. The van der Waals surface area contributed by atoms with Crippen LogP contribution in [-0.4, -0.2) is 27.6 Å². The summed E-state index contributed by atoms with van der Waals surface area (Å²) in [4.78, 5) is 23.7. The Labute approximate surface area is 206 Å². The zero-order chi connectivity index (χ0) is 24.6. The van der Waals surface area contributed by atoms with Crippen LogP contribution in [0.4, 0.5) is 10.1 Å². The minimum absolute atomic E-state index is 0.0396. The molecule has 0 radical (unpaired) electrons. The lowest BCUT2D eigenvalue weighted by atomic mass is 10.1. The quantitative estimate of drug-likeness (QED) is 0.261. The Balaban J connectivity index is 1.38. The molecule has 0 bridgehead atoms. The van der Waals surface area contributed by atoms with E-state index in [2.05, 4.69) is 34.7 Å². The van der Waals surface area contributed by atoms with Crippen LogP contribution in [0, 0.1) is 0 Å². The highest BCUT2D eigenvalue weighted by Gasteiger charge is 2.28. The topological polar surface area (TPSA) is 72.1 Å². The van der Waals surface area contributed by atoms with Gasteiger partial charge in [0.1, 0.15) is 0 Å². The molecular formula is C28H33FN4O2. The van der Waals surface area contributed by atoms with Gasteiger partial charge in [0.05, 0.1) is 5.83 Å². The second-order valence-corrected chi connectivity index (χ2v) is 9.14. The number of amides is 1. The zero-order valence-electron chi connectivity index (χ0n) is 20.4. The molecule has 0 unspecified atom stereocenters. The molecule has 35 heavy (non-hydrogen) atoms. The summed E-state index contributed by atoms with van der Waals surface area (Å²) in [6.45, 7) is 5.93. The Bertz CT molecular complexity index is 1140. The van der Waals surface area contributed by atoms with Gasteiger partial charge in [-0.3, -0.25) is 9.78 Å². The number of benzene rings is 1. The second kappa shape index (κ2) is 11.9. The van der Waals surface area contributed by atoms with Crippen LogP contribution in [0.2, 0.25) is 0 Å². The summed E-state index contributed by atoms with van der Waals surface area (Å²) in [6, 6.07) is 12.0. The predicted octanol–water partition coefficient (Wildman–Crippen LogP) is 6.58. The monoisotopic (exact) mass is 476 g/mol. The van der Waals surface area contributed by atoms with Gasteiger partial charge in [0.2, 0.25) is 11.8 Å². The van der Waals surface area contributed by atoms with Crippen molar-refractivity contribution >= 4 is 11.6 Å². The molecule has 1 amide bonds. The van der Waals surface area contributed by atoms with E-state index in [1.54, 1.807) is 4.90 Å². The number of rotatable bonds is 13. The first kappa shape index (κ1) is 24.8. The molecule has 0 saturated heterocycles. The van der Waals surface area contributed by atoms with E-state index in [0.29, 0.717) is 18.4 Å². The maximum atomic E-state index is 13.3. The summed E-state index contributed by atoms with van der Waals surface area (Å²) in [5, 5.41) is 4.06. The minimum atomic E-state index is -0.473. The summed E-state index contributed by atoms with van der Waals surface area (Å²) in [7, 11) is 0. The average Bonchev–Trinajstić information content (AvgIpc) is 3.62. The van der Waals surface area contributed by atoms with Crippen LogP contribution < -0.4 is 4.90 Å². The number of carbonyl (C=O) groups is 1. The molecule has 6 nitrogen and oxygen atoms in total. The zero-order valence-corrected chi connectivity index (χ0v) is 20.4. The van der Waals surface area contributed by atoms with Crippen LogP contribution >= 0.6 is 0 Å². The number of carbonyl (C=O) groups excluding carboxylic acids is 1. The van der Waals surface area contributed by atoms with Gasteiger partial charge in [0.15, 0.2) is 5.82 Å². The van der Waals surface area contributed by atoms with Crippen LogP contribution in [0.1, 0.15) is 75.2 Å². The molecule has 0 spiro atoms. The third kappa shape index (κ3) is 7.07. The van der Waals surface area contributed by atoms with Gasteiger partial charge in [0, 0.05) is 54.9 Å². The summed E-state index contributed by atoms with van der Waals surface area (Å²) in [5.74, 6) is 1.44. The van der Waals surface area contributed by atoms with E-state index in [9.17, 15) is 9.18 Å². The van der Waals surface area contributed by atoms with Crippen molar-refractivity contribution in [1.82, 2.24) is 15.1 Å². The first-order valence-electron chi connectivity index (χ1n) is 12.5. The Kier molecular flexibility index (Phi) is 8.40. The average molecular weight is 477 g/mol. The Morgan fingerprint density at radius 1 is 1.14 bits per heavy atom. The summed E-state index contributed by atoms with van der Waals surface area (Å²) in [5.41, 5.74) is 3.84. The number of aromatic nitrogens is 3. The highest BCUT2D eigenvalue weighted by atomic mass is 19.1. The van der Waals surface area contributed by atoms with E-state index >= 15 is 0 Å². The van der Waals surface area contributed by atoms with E-state index in [1.807, 2.05) is 36.5 Å². The molecule has 184 valence electrons. The predicted molar refractivity (Wildman–Crippen MR) is 135 cm³/mol. The molecule has 0 N–H and O–H groups in total. The van der Waals surface area contributed by atoms with Crippen molar-refractivity contribution < 1.29 is 13.7 Å². The molecule has 1 aliphatic rings. The lowest BCUT2D eigenvalue weighted by Crippen LogP contribution is -2.31. The highest BCUT2D eigenvalue weighted by Crippen LogP contribution is 2.38. The first-order chi connectivity index (χ1) is 17.0. The minimum Gasteiger partial charge on any atom is -0.339 e. The number of unbranched alkanes of at least 4 members (excludes halogenated alkanes) is 2. The smallest absolute Gasteiger partial charge is 0.227 e. The molecule has 7 heteroatoms. The highest BCUT2D eigenvalue weighted by molar-refractivity contribution is 5.94. The molecule has 2 aromatic heterocycles. The van der Waals surface area contributed by atoms with Crippen LogP contribution in [0.3, 0.4) is 0 Å². The molecule has 1 aliphatic carbocycles. The number of nitrogens with zero attached hydrogens (tertiary/aromatic N) is 4. The molecule has 1 fully saturated rings. The van der Waals surface area contributed by atoms with Crippen molar-refractivity contribution in [3.8, 4) is 11.1 Å². The SMILES string of the molecule is C=C(F)CCC(=O)N(CCCCCc1nc(C2CC2)no1)c1cccc(-c2ccc(CC)nc2)c1. The molecule has 4 rings (SSSR count). The summed E-state index contributed by atoms with van der Waals surface area (Å²) in [6.07, 6.45) is 8.58. The molecule has 0 atom stereocenters. The van der Waals surface area contributed by atoms with Crippen LogP contribution in [0.25, 0.3) is 11.1 Å². The van der Waals surface area contributed by atoms with Gasteiger partial charge in [-0.2, -0.15) is 4.98 Å². The van der Waals surface area contributed by atoms with Crippen molar-refractivity contribution in [1.29, 1.82) is 0 Å². The fourth-order valence-electron chi connectivity index (χ4n) is 4.03. The summed E-state index contributed by atoms with van der Waals surface area (Å²) < 4.78 is 18.6. The molecular weight excluding hydrogens is 443 g/mol. The van der Waals surface area contributed by atoms with Crippen LogP contribution in [-0.2, 0) is 17.6 Å². The largest absolute Gasteiger partial charge is 0.339 e. The van der Waals surface area contributed by atoms with Crippen molar-refractivity contribution in [2.45, 2.75) is 70.6 Å².